The number of nitro groups is 1. The summed E-state index contributed by atoms with van der Waals surface area (Å²) in [4.78, 5) is 26.6. The molecule has 0 radical (unpaired) electrons. The highest BCUT2D eigenvalue weighted by Crippen LogP contribution is 2.24. The first kappa shape index (κ1) is 14.7. The van der Waals surface area contributed by atoms with Crippen molar-refractivity contribution in [1.82, 2.24) is 9.80 Å². The third kappa shape index (κ3) is 2.91. The highest BCUT2D eigenvalue weighted by molar-refractivity contribution is 6.33. The number of piperazine rings is 1. The summed E-state index contributed by atoms with van der Waals surface area (Å²) in [6, 6.07) is 4.19. The van der Waals surface area contributed by atoms with E-state index in [-0.39, 0.29) is 28.2 Å². The third-order valence-electron chi connectivity index (χ3n) is 3.64. The molecule has 108 valence electrons. The van der Waals surface area contributed by atoms with Crippen LogP contribution < -0.4 is 0 Å². The number of carbonyl (C=O) groups is 1. The van der Waals surface area contributed by atoms with E-state index in [1.54, 1.807) is 4.90 Å². The zero-order valence-corrected chi connectivity index (χ0v) is 12.1. The molecule has 1 fully saturated rings. The lowest BCUT2D eigenvalue weighted by molar-refractivity contribution is -0.384. The number of hydrogen-bond acceptors (Lipinski definition) is 4. The number of nitro benzene ring substituents is 1. The molecule has 0 saturated carbocycles. The topological polar surface area (TPSA) is 66.7 Å². The molecule has 1 aromatic carbocycles. The predicted octanol–water partition coefficient (Wildman–Crippen LogP) is 2.02. The summed E-state index contributed by atoms with van der Waals surface area (Å²) < 4.78 is 0. The molecule has 1 amide bonds. The van der Waals surface area contributed by atoms with Crippen LogP contribution in [0.3, 0.4) is 0 Å². The minimum absolute atomic E-state index is 0.125. The Morgan fingerprint density at radius 3 is 2.75 bits per heavy atom. The van der Waals surface area contributed by atoms with E-state index < -0.39 is 4.92 Å². The number of non-ortho nitro benzene ring substituents is 1. The van der Waals surface area contributed by atoms with Gasteiger partial charge in [-0.2, -0.15) is 0 Å². The second-order valence-electron chi connectivity index (χ2n) is 5.00. The molecule has 0 aliphatic carbocycles. The van der Waals surface area contributed by atoms with E-state index in [2.05, 4.69) is 4.90 Å². The molecule has 1 atom stereocenters. The molecular weight excluding hydrogens is 282 g/mol. The molecule has 0 spiro atoms. The second-order valence-corrected chi connectivity index (χ2v) is 5.41. The van der Waals surface area contributed by atoms with Gasteiger partial charge in [0.05, 0.1) is 15.5 Å². The maximum absolute atomic E-state index is 12.4. The van der Waals surface area contributed by atoms with Gasteiger partial charge in [-0.1, -0.05) is 11.6 Å². The van der Waals surface area contributed by atoms with E-state index in [4.69, 9.17) is 11.6 Å². The molecule has 20 heavy (non-hydrogen) atoms. The van der Waals surface area contributed by atoms with Gasteiger partial charge in [-0.05, 0) is 20.0 Å². The van der Waals surface area contributed by atoms with Gasteiger partial charge in [0, 0.05) is 37.8 Å². The summed E-state index contributed by atoms with van der Waals surface area (Å²) >= 11 is 6.00. The number of hydrogen-bond donors (Lipinski definition) is 0. The van der Waals surface area contributed by atoms with Crippen LogP contribution >= 0.6 is 11.6 Å². The van der Waals surface area contributed by atoms with Crippen molar-refractivity contribution < 1.29 is 9.72 Å². The lowest BCUT2D eigenvalue weighted by atomic mass is 10.1. The molecule has 0 aromatic heterocycles. The maximum Gasteiger partial charge on any atom is 0.270 e. The van der Waals surface area contributed by atoms with E-state index in [0.717, 1.165) is 6.54 Å². The van der Waals surface area contributed by atoms with Gasteiger partial charge in [0.2, 0.25) is 0 Å². The highest BCUT2D eigenvalue weighted by atomic mass is 35.5. The Labute approximate surface area is 122 Å². The summed E-state index contributed by atoms with van der Waals surface area (Å²) in [5.74, 6) is -0.251. The number of halogens is 1. The molecule has 1 aromatic rings. The minimum atomic E-state index is -0.528. The normalized spacial score (nSPS) is 19.9. The maximum atomic E-state index is 12.4. The van der Waals surface area contributed by atoms with E-state index in [0.29, 0.717) is 13.1 Å². The van der Waals surface area contributed by atoms with Crippen LogP contribution in [0.5, 0.6) is 0 Å². The van der Waals surface area contributed by atoms with Crippen molar-refractivity contribution in [3.05, 3.63) is 38.9 Å². The fraction of sp³-hybridized carbons (Fsp3) is 0.462. The number of likely N-dealkylation sites (N-methyl/N-ethyl adjacent to an activating group) is 1. The smallest absolute Gasteiger partial charge is 0.270 e. The first-order valence-corrected chi connectivity index (χ1v) is 6.71. The van der Waals surface area contributed by atoms with E-state index in [9.17, 15) is 14.9 Å². The van der Waals surface area contributed by atoms with Crippen LogP contribution in [0.25, 0.3) is 0 Å². The van der Waals surface area contributed by atoms with E-state index in [1.807, 2.05) is 14.0 Å². The zero-order chi connectivity index (χ0) is 14.9. The lowest BCUT2D eigenvalue weighted by Gasteiger charge is -2.37. The largest absolute Gasteiger partial charge is 0.336 e. The van der Waals surface area contributed by atoms with Gasteiger partial charge >= 0.3 is 0 Å². The van der Waals surface area contributed by atoms with Crippen LogP contribution in [0, 0.1) is 10.1 Å². The minimum Gasteiger partial charge on any atom is -0.336 e. The van der Waals surface area contributed by atoms with Crippen molar-refractivity contribution in [3.63, 3.8) is 0 Å². The summed E-state index contributed by atoms with van der Waals surface area (Å²) in [5, 5.41) is 11.0. The molecule has 1 unspecified atom stereocenters. The molecule has 6 nitrogen and oxygen atoms in total. The van der Waals surface area contributed by atoms with Crippen molar-refractivity contribution in [1.29, 1.82) is 0 Å². The Hall–Kier alpha value is -1.66. The average molecular weight is 298 g/mol. The summed E-state index contributed by atoms with van der Waals surface area (Å²) in [6.45, 7) is 4.00. The van der Waals surface area contributed by atoms with Crippen LogP contribution in [0.4, 0.5) is 5.69 Å². The SMILES string of the molecule is CC1CN(C(=O)c2cc([N+](=O)[O-])ccc2Cl)CCN1C. The van der Waals surface area contributed by atoms with Crippen LogP contribution in [0.15, 0.2) is 18.2 Å². The number of nitrogens with zero attached hydrogens (tertiary/aromatic N) is 3. The van der Waals surface area contributed by atoms with Crippen LogP contribution in [0.1, 0.15) is 17.3 Å². The molecule has 7 heteroatoms. The number of amides is 1. The predicted molar refractivity (Wildman–Crippen MR) is 76.1 cm³/mol. The van der Waals surface area contributed by atoms with Gasteiger partial charge in [-0.25, -0.2) is 0 Å². The molecule has 1 heterocycles. The number of carbonyl (C=O) groups excluding carboxylic acids is 1. The van der Waals surface area contributed by atoms with Gasteiger partial charge in [0.1, 0.15) is 0 Å². The monoisotopic (exact) mass is 297 g/mol. The van der Waals surface area contributed by atoms with Gasteiger partial charge in [0.25, 0.3) is 11.6 Å². The van der Waals surface area contributed by atoms with Gasteiger partial charge in [-0.15, -0.1) is 0 Å². The van der Waals surface area contributed by atoms with E-state index >= 15 is 0 Å². The fourth-order valence-corrected chi connectivity index (χ4v) is 2.39. The van der Waals surface area contributed by atoms with Crippen molar-refractivity contribution in [2.45, 2.75) is 13.0 Å². The molecular formula is C13H16ClN3O3. The highest BCUT2D eigenvalue weighted by Gasteiger charge is 2.27. The van der Waals surface area contributed by atoms with Crippen LogP contribution in [0.2, 0.25) is 5.02 Å². The lowest BCUT2D eigenvalue weighted by Crippen LogP contribution is -2.52. The Morgan fingerprint density at radius 2 is 2.15 bits per heavy atom. The Kier molecular flexibility index (Phi) is 4.25. The van der Waals surface area contributed by atoms with Gasteiger partial charge < -0.3 is 9.80 Å². The number of rotatable bonds is 2. The molecule has 0 N–H and O–H groups in total. The summed E-state index contributed by atoms with van der Waals surface area (Å²) in [5.41, 5.74) is 0.0672. The molecule has 1 aliphatic rings. The standard InChI is InChI=1S/C13H16ClN3O3/c1-9-8-16(6-5-15(9)2)13(18)11-7-10(17(19)20)3-4-12(11)14/h3-4,7,9H,5-6,8H2,1-2H3. The van der Waals surface area contributed by atoms with Crippen molar-refractivity contribution in [2.75, 3.05) is 26.7 Å². The van der Waals surface area contributed by atoms with Crippen molar-refractivity contribution >= 4 is 23.2 Å². The summed E-state index contributed by atoms with van der Waals surface area (Å²) in [7, 11) is 2.01. The Balaban J connectivity index is 2.25. The van der Waals surface area contributed by atoms with Crippen molar-refractivity contribution in [3.8, 4) is 0 Å². The molecule has 2 rings (SSSR count). The number of benzene rings is 1. The molecule has 1 aliphatic heterocycles. The molecule has 0 bridgehead atoms. The van der Waals surface area contributed by atoms with E-state index in [1.165, 1.54) is 18.2 Å². The first-order valence-electron chi connectivity index (χ1n) is 6.33. The third-order valence-corrected chi connectivity index (χ3v) is 3.97. The van der Waals surface area contributed by atoms with Crippen molar-refractivity contribution in [2.24, 2.45) is 0 Å². The van der Waals surface area contributed by atoms with Crippen LogP contribution in [-0.2, 0) is 0 Å². The second kappa shape index (κ2) is 5.76. The quantitative estimate of drug-likeness (QED) is 0.619. The average Bonchev–Trinajstić information content (AvgIpc) is 2.41. The van der Waals surface area contributed by atoms with Crippen LogP contribution in [-0.4, -0.2) is 53.4 Å². The molecule has 1 saturated heterocycles. The van der Waals surface area contributed by atoms with Gasteiger partial charge in [0.15, 0.2) is 0 Å². The Morgan fingerprint density at radius 1 is 1.45 bits per heavy atom. The van der Waals surface area contributed by atoms with Gasteiger partial charge in [-0.3, -0.25) is 14.9 Å². The zero-order valence-electron chi connectivity index (χ0n) is 11.4. The summed E-state index contributed by atoms with van der Waals surface area (Å²) in [6.07, 6.45) is 0. The first-order chi connectivity index (χ1) is 9.40. The fourth-order valence-electron chi connectivity index (χ4n) is 2.19. The Bertz CT molecular complexity index is 550.